The van der Waals surface area contributed by atoms with Crippen LogP contribution in [0.3, 0.4) is 0 Å². The number of hydrogen-bond acceptors (Lipinski definition) is 3. The fraction of sp³-hybridized carbons (Fsp3) is 0.409. The number of likely N-dealkylation sites (tertiary alicyclic amines) is 1. The summed E-state index contributed by atoms with van der Waals surface area (Å²) in [5.41, 5.74) is 3.62. The Morgan fingerprint density at radius 3 is 2.58 bits per heavy atom. The van der Waals surface area contributed by atoms with Crippen LogP contribution in [0, 0.1) is 0 Å². The van der Waals surface area contributed by atoms with E-state index in [1.165, 1.54) is 5.56 Å². The van der Waals surface area contributed by atoms with Gasteiger partial charge in [0.05, 0.1) is 12.6 Å². The lowest BCUT2D eigenvalue weighted by Gasteiger charge is -2.19. The van der Waals surface area contributed by atoms with Gasteiger partial charge in [-0.1, -0.05) is 49.4 Å². The largest absolute Gasteiger partial charge is 0.381 e. The zero-order chi connectivity index (χ0) is 18.4. The van der Waals surface area contributed by atoms with Crippen molar-refractivity contribution in [1.82, 2.24) is 10.2 Å². The van der Waals surface area contributed by atoms with E-state index in [9.17, 15) is 4.79 Å². The Hall–Kier alpha value is -2.33. The van der Waals surface area contributed by atoms with Gasteiger partial charge in [0.15, 0.2) is 0 Å². The zero-order valence-corrected chi connectivity index (χ0v) is 15.7. The summed E-state index contributed by atoms with van der Waals surface area (Å²) in [4.78, 5) is 14.6. The molecule has 1 heterocycles. The molecule has 2 N–H and O–H groups in total. The third-order valence-corrected chi connectivity index (χ3v) is 5.05. The molecule has 1 aliphatic rings. The van der Waals surface area contributed by atoms with Crippen LogP contribution >= 0.6 is 0 Å². The van der Waals surface area contributed by atoms with Crippen molar-refractivity contribution in [3.8, 4) is 0 Å². The van der Waals surface area contributed by atoms with Crippen molar-refractivity contribution in [2.45, 2.75) is 38.8 Å². The van der Waals surface area contributed by atoms with Crippen molar-refractivity contribution >= 4 is 11.6 Å². The first-order valence-electron chi connectivity index (χ1n) is 9.56. The maximum atomic E-state index is 12.4. The summed E-state index contributed by atoms with van der Waals surface area (Å²) in [6, 6.07) is 19.2. The molecule has 4 heteroatoms. The van der Waals surface area contributed by atoms with E-state index in [1.807, 2.05) is 25.1 Å². The second-order valence-corrected chi connectivity index (χ2v) is 7.12. The molecule has 2 atom stereocenters. The monoisotopic (exact) mass is 351 g/mol. The minimum Gasteiger partial charge on any atom is -0.381 e. The molecule has 0 aromatic heterocycles. The molecule has 2 aromatic carbocycles. The number of para-hydroxylation sites is 1. The molecule has 0 saturated carbocycles. The van der Waals surface area contributed by atoms with Crippen LogP contribution in [0.25, 0.3) is 0 Å². The van der Waals surface area contributed by atoms with Crippen LogP contribution in [-0.2, 0) is 11.2 Å². The smallest absolute Gasteiger partial charge is 0.234 e. The molecule has 2 unspecified atom stereocenters. The maximum absolute atomic E-state index is 12.4. The predicted octanol–water partition coefficient (Wildman–Crippen LogP) is 3.61. The Kier molecular flexibility index (Phi) is 6.29. The quantitative estimate of drug-likeness (QED) is 0.801. The molecule has 2 aromatic rings. The van der Waals surface area contributed by atoms with Gasteiger partial charge in [0.2, 0.25) is 5.91 Å². The van der Waals surface area contributed by atoms with Gasteiger partial charge in [-0.2, -0.15) is 0 Å². The Morgan fingerprint density at radius 1 is 1.15 bits per heavy atom. The normalized spacial score (nSPS) is 18.5. The van der Waals surface area contributed by atoms with Crippen molar-refractivity contribution in [2.24, 2.45) is 0 Å². The molecule has 1 aliphatic heterocycles. The molecular formula is C22H29N3O. The lowest BCUT2D eigenvalue weighted by Crippen LogP contribution is -2.38. The molecule has 0 bridgehead atoms. The molecule has 26 heavy (non-hydrogen) atoms. The number of nitrogens with one attached hydrogen (secondary N) is 2. The van der Waals surface area contributed by atoms with E-state index < -0.39 is 0 Å². The first kappa shape index (κ1) is 18.5. The van der Waals surface area contributed by atoms with E-state index in [1.54, 1.807) is 0 Å². The van der Waals surface area contributed by atoms with E-state index in [2.05, 4.69) is 58.9 Å². The van der Waals surface area contributed by atoms with Gasteiger partial charge in [-0.05, 0) is 43.0 Å². The summed E-state index contributed by atoms with van der Waals surface area (Å²) in [7, 11) is 0. The highest BCUT2D eigenvalue weighted by molar-refractivity contribution is 5.78. The van der Waals surface area contributed by atoms with Gasteiger partial charge in [-0.3, -0.25) is 9.69 Å². The minimum absolute atomic E-state index is 0.0363. The summed E-state index contributed by atoms with van der Waals surface area (Å²) in [5, 5.41) is 6.67. The molecule has 0 spiro atoms. The number of carbonyl (C=O) groups excluding carboxylic acids is 1. The fourth-order valence-corrected chi connectivity index (χ4v) is 3.48. The molecule has 0 aliphatic carbocycles. The molecule has 3 rings (SSSR count). The average molecular weight is 351 g/mol. The number of amides is 1. The Morgan fingerprint density at radius 2 is 1.88 bits per heavy atom. The lowest BCUT2D eigenvalue weighted by molar-refractivity contribution is -0.122. The maximum Gasteiger partial charge on any atom is 0.234 e. The number of carbonyl (C=O) groups is 1. The third kappa shape index (κ3) is 5.09. The highest BCUT2D eigenvalue weighted by Gasteiger charge is 2.24. The van der Waals surface area contributed by atoms with Crippen LogP contribution in [0.2, 0.25) is 0 Å². The van der Waals surface area contributed by atoms with Crippen LogP contribution in [-0.4, -0.2) is 36.5 Å². The first-order chi connectivity index (χ1) is 12.6. The van der Waals surface area contributed by atoms with Crippen LogP contribution < -0.4 is 10.6 Å². The van der Waals surface area contributed by atoms with E-state index in [0.29, 0.717) is 12.6 Å². The van der Waals surface area contributed by atoms with Gasteiger partial charge < -0.3 is 10.6 Å². The number of hydrogen-bond donors (Lipinski definition) is 2. The molecule has 1 fully saturated rings. The van der Waals surface area contributed by atoms with Crippen molar-refractivity contribution in [1.29, 1.82) is 0 Å². The second-order valence-electron chi connectivity index (χ2n) is 7.12. The van der Waals surface area contributed by atoms with Crippen LogP contribution in [0.15, 0.2) is 54.6 Å². The zero-order valence-electron chi connectivity index (χ0n) is 15.7. The van der Waals surface area contributed by atoms with E-state index in [-0.39, 0.29) is 11.9 Å². The highest BCUT2D eigenvalue weighted by atomic mass is 16.2. The van der Waals surface area contributed by atoms with E-state index in [4.69, 9.17) is 0 Å². The molecular weight excluding hydrogens is 322 g/mol. The summed E-state index contributed by atoms with van der Waals surface area (Å²) in [5.74, 6) is 0.0948. The van der Waals surface area contributed by atoms with Gasteiger partial charge in [0.1, 0.15) is 0 Å². The van der Waals surface area contributed by atoms with Gasteiger partial charge in [0.25, 0.3) is 0 Å². The minimum atomic E-state index is 0.0363. The van der Waals surface area contributed by atoms with Crippen molar-refractivity contribution in [3.63, 3.8) is 0 Å². The lowest BCUT2D eigenvalue weighted by atomic mass is 10.1. The number of rotatable bonds is 7. The first-order valence-corrected chi connectivity index (χ1v) is 9.56. The number of nitrogens with zero attached hydrogens (tertiary/aromatic N) is 1. The van der Waals surface area contributed by atoms with Crippen LogP contribution in [0.1, 0.15) is 37.4 Å². The van der Waals surface area contributed by atoms with Crippen molar-refractivity contribution in [3.05, 3.63) is 65.7 Å². The Balaban J connectivity index is 1.44. The van der Waals surface area contributed by atoms with Gasteiger partial charge in [-0.25, -0.2) is 0 Å². The number of aryl methyl sites for hydroxylation is 1. The summed E-state index contributed by atoms with van der Waals surface area (Å²) in [6.45, 7) is 6.52. The SMILES string of the molecule is CCc1ccc(C(C)NC(=O)CN2CCC(Nc3ccccc3)C2)cc1. The summed E-state index contributed by atoms with van der Waals surface area (Å²) in [6.07, 6.45) is 2.10. The molecule has 0 radical (unpaired) electrons. The van der Waals surface area contributed by atoms with Gasteiger partial charge >= 0.3 is 0 Å². The van der Waals surface area contributed by atoms with Gasteiger partial charge in [0, 0.05) is 24.8 Å². The summed E-state index contributed by atoms with van der Waals surface area (Å²) < 4.78 is 0. The Bertz CT molecular complexity index is 699. The van der Waals surface area contributed by atoms with Crippen molar-refractivity contribution in [2.75, 3.05) is 25.0 Å². The molecule has 1 amide bonds. The average Bonchev–Trinajstić information content (AvgIpc) is 3.09. The van der Waals surface area contributed by atoms with Gasteiger partial charge in [-0.15, -0.1) is 0 Å². The fourth-order valence-electron chi connectivity index (χ4n) is 3.48. The van der Waals surface area contributed by atoms with E-state index in [0.717, 1.165) is 37.2 Å². The summed E-state index contributed by atoms with van der Waals surface area (Å²) >= 11 is 0. The predicted molar refractivity (Wildman–Crippen MR) is 107 cm³/mol. The number of anilines is 1. The van der Waals surface area contributed by atoms with E-state index >= 15 is 0 Å². The van der Waals surface area contributed by atoms with Crippen molar-refractivity contribution < 1.29 is 4.79 Å². The topological polar surface area (TPSA) is 44.4 Å². The standard InChI is InChI=1S/C22H29N3O/c1-3-18-9-11-19(12-10-18)17(2)23-22(26)16-25-14-13-21(15-25)24-20-7-5-4-6-8-20/h4-12,17,21,24H,3,13-16H2,1-2H3,(H,23,26). The highest BCUT2D eigenvalue weighted by Crippen LogP contribution is 2.16. The molecule has 4 nitrogen and oxygen atoms in total. The second kappa shape index (κ2) is 8.86. The Labute approximate surface area is 156 Å². The number of benzene rings is 2. The third-order valence-electron chi connectivity index (χ3n) is 5.05. The molecule has 138 valence electrons. The van der Waals surface area contributed by atoms with Crippen LogP contribution in [0.4, 0.5) is 5.69 Å². The molecule has 1 saturated heterocycles. The van der Waals surface area contributed by atoms with Crippen LogP contribution in [0.5, 0.6) is 0 Å².